The maximum Gasteiger partial charge on any atom is 0.341 e. The van der Waals surface area contributed by atoms with Gasteiger partial charge >= 0.3 is 5.97 Å². The molecule has 114 valence electrons. The van der Waals surface area contributed by atoms with Gasteiger partial charge < -0.3 is 19.0 Å². The summed E-state index contributed by atoms with van der Waals surface area (Å²) in [6.07, 6.45) is 1.30. The van der Waals surface area contributed by atoms with Crippen molar-refractivity contribution in [2.75, 3.05) is 20.8 Å². The molecule has 1 aromatic carbocycles. The van der Waals surface area contributed by atoms with Crippen LogP contribution in [0, 0.1) is 0 Å². The molecule has 0 aliphatic rings. The number of para-hydroxylation sites is 1. The number of hydrogen-bond donors (Lipinski definition) is 1. The van der Waals surface area contributed by atoms with E-state index in [1.54, 1.807) is 24.3 Å². The molecule has 0 saturated heterocycles. The highest BCUT2D eigenvalue weighted by Gasteiger charge is 2.18. The van der Waals surface area contributed by atoms with Crippen molar-refractivity contribution in [3.63, 3.8) is 0 Å². The minimum atomic E-state index is -0.531. The second-order valence-electron chi connectivity index (χ2n) is 3.82. The highest BCUT2D eigenvalue weighted by Crippen LogP contribution is 2.26. The summed E-state index contributed by atoms with van der Waals surface area (Å²) in [4.78, 5) is 17.2. The Kier molecular flexibility index (Phi) is 6.67. The van der Waals surface area contributed by atoms with E-state index >= 15 is 0 Å². The van der Waals surface area contributed by atoms with Crippen LogP contribution in [-0.4, -0.2) is 26.8 Å². The fourth-order valence-corrected chi connectivity index (χ4v) is 1.54. The summed E-state index contributed by atoms with van der Waals surface area (Å²) in [6, 6.07) is 6.94. The molecule has 1 N–H and O–H groups in total. The average molecular weight is 293 g/mol. The lowest BCUT2D eigenvalue weighted by Gasteiger charge is -2.14. The van der Waals surface area contributed by atoms with Crippen LogP contribution in [0.5, 0.6) is 5.75 Å². The molecule has 1 aromatic rings. The second kappa shape index (κ2) is 8.52. The first-order valence-corrected chi connectivity index (χ1v) is 6.29. The maximum absolute atomic E-state index is 11.8. The van der Waals surface area contributed by atoms with E-state index in [1.165, 1.54) is 20.5 Å². The number of methoxy groups -OCH3 is 2. The van der Waals surface area contributed by atoms with E-state index in [0.717, 1.165) is 0 Å². The summed E-state index contributed by atoms with van der Waals surface area (Å²) in [5, 5.41) is 0. The number of carbonyl (C=O) groups excluding carboxylic acids is 1. The molecule has 0 amide bonds. The Bertz CT molecular complexity index is 525. The zero-order valence-corrected chi connectivity index (χ0v) is 12.3. The van der Waals surface area contributed by atoms with Crippen molar-refractivity contribution in [2.24, 2.45) is 0 Å². The number of rotatable bonds is 8. The van der Waals surface area contributed by atoms with Crippen molar-refractivity contribution in [1.29, 1.82) is 0 Å². The van der Waals surface area contributed by atoms with Crippen molar-refractivity contribution in [2.45, 2.75) is 6.92 Å². The van der Waals surface area contributed by atoms with E-state index in [2.05, 4.69) is 12.1 Å². The van der Waals surface area contributed by atoms with Gasteiger partial charge in [0, 0.05) is 5.56 Å². The Labute approximate surface area is 123 Å². The summed E-state index contributed by atoms with van der Waals surface area (Å²) in [7, 11) is 2.74. The third-order valence-electron chi connectivity index (χ3n) is 2.41. The standard InChI is InChI=1S/C15H19NO5/c1-5-20-11(2)16-21-14-9-7-6-8-12(14)13(10-18-3)15(17)19-4/h6-10,16H,2,5H2,1,3-4H3. The first kappa shape index (κ1) is 16.4. The van der Waals surface area contributed by atoms with E-state index < -0.39 is 5.97 Å². The van der Waals surface area contributed by atoms with Crippen LogP contribution >= 0.6 is 0 Å². The summed E-state index contributed by atoms with van der Waals surface area (Å²) >= 11 is 0. The molecule has 0 atom stereocenters. The predicted molar refractivity (Wildman–Crippen MR) is 78.0 cm³/mol. The second-order valence-corrected chi connectivity index (χ2v) is 3.82. The summed E-state index contributed by atoms with van der Waals surface area (Å²) < 4.78 is 14.8. The Morgan fingerprint density at radius 1 is 1.33 bits per heavy atom. The number of esters is 1. The fraction of sp³-hybridized carbons (Fsp3) is 0.267. The first-order valence-electron chi connectivity index (χ1n) is 6.29. The number of nitrogens with one attached hydrogen (secondary N) is 1. The number of hydrogen-bond acceptors (Lipinski definition) is 6. The smallest absolute Gasteiger partial charge is 0.341 e. The Morgan fingerprint density at radius 2 is 2.05 bits per heavy atom. The fourth-order valence-electron chi connectivity index (χ4n) is 1.54. The first-order chi connectivity index (χ1) is 10.1. The van der Waals surface area contributed by atoms with Crippen LogP contribution in [0.3, 0.4) is 0 Å². The van der Waals surface area contributed by atoms with E-state index in [4.69, 9.17) is 19.0 Å². The lowest BCUT2D eigenvalue weighted by molar-refractivity contribution is -0.133. The lowest BCUT2D eigenvalue weighted by atomic mass is 10.1. The molecule has 6 nitrogen and oxygen atoms in total. The van der Waals surface area contributed by atoms with Crippen LogP contribution in [0.15, 0.2) is 43.0 Å². The van der Waals surface area contributed by atoms with E-state index in [1.807, 2.05) is 6.92 Å². The summed E-state index contributed by atoms with van der Waals surface area (Å²) in [5.41, 5.74) is 3.31. The molecule has 1 rings (SSSR count). The van der Waals surface area contributed by atoms with E-state index in [0.29, 0.717) is 17.9 Å². The monoisotopic (exact) mass is 293 g/mol. The van der Waals surface area contributed by atoms with Gasteiger partial charge in [0.15, 0.2) is 5.75 Å². The van der Waals surface area contributed by atoms with Crippen LogP contribution in [0.25, 0.3) is 5.57 Å². The highest BCUT2D eigenvalue weighted by atomic mass is 16.7. The van der Waals surface area contributed by atoms with Crippen LogP contribution in [-0.2, 0) is 19.0 Å². The van der Waals surface area contributed by atoms with Crippen LogP contribution in [0.4, 0.5) is 0 Å². The number of benzene rings is 1. The van der Waals surface area contributed by atoms with Crippen LogP contribution < -0.4 is 10.3 Å². The zero-order chi connectivity index (χ0) is 15.7. The van der Waals surface area contributed by atoms with Gasteiger partial charge in [0.2, 0.25) is 5.88 Å². The van der Waals surface area contributed by atoms with Gasteiger partial charge in [-0.1, -0.05) is 18.2 Å². The van der Waals surface area contributed by atoms with Gasteiger partial charge in [0.1, 0.15) is 5.57 Å². The third kappa shape index (κ3) is 4.76. The molecule has 0 bridgehead atoms. The van der Waals surface area contributed by atoms with Crippen molar-refractivity contribution in [1.82, 2.24) is 5.48 Å². The molecule has 6 heteroatoms. The molecule has 0 unspecified atom stereocenters. The number of carbonyl (C=O) groups is 1. The molecule has 0 fully saturated rings. The molecule has 0 heterocycles. The quantitative estimate of drug-likeness (QED) is 0.343. The molecule has 0 aromatic heterocycles. The largest absolute Gasteiger partial charge is 0.503 e. The van der Waals surface area contributed by atoms with Gasteiger partial charge in [0.05, 0.1) is 27.1 Å². The minimum absolute atomic E-state index is 0.236. The van der Waals surface area contributed by atoms with Gasteiger partial charge in [-0.2, -0.15) is 5.48 Å². The van der Waals surface area contributed by atoms with Crippen LogP contribution in [0.1, 0.15) is 12.5 Å². The lowest BCUT2D eigenvalue weighted by Crippen LogP contribution is -2.20. The van der Waals surface area contributed by atoms with Gasteiger partial charge in [-0.3, -0.25) is 0 Å². The molecule has 0 saturated carbocycles. The summed E-state index contributed by atoms with van der Waals surface area (Å²) in [5.74, 6) is 0.145. The normalized spacial score (nSPS) is 10.5. The van der Waals surface area contributed by atoms with Crippen molar-refractivity contribution < 1.29 is 23.8 Å². The van der Waals surface area contributed by atoms with Gasteiger partial charge in [-0.05, 0) is 19.6 Å². The molecular weight excluding hydrogens is 274 g/mol. The third-order valence-corrected chi connectivity index (χ3v) is 2.41. The predicted octanol–water partition coefficient (Wildman–Crippen LogP) is 2.24. The highest BCUT2D eigenvalue weighted by molar-refractivity contribution is 6.16. The van der Waals surface area contributed by atoms with Gasteiger partial charge in [-0.15, -0.1) is 0 Å². The molecule has 0 aliphatic heterocycles. The molecule has 0 aliphatic carbocycles. The van der Waals surface area contributed by atoms with E-state index in [9.17, 15) is 4.79 Å². The Balaban J connectivity index is 2.99. The minimum Gasteiger partial charge on any atom is -0.503 e. The molecule has 0 radical (unpaired) electrons. The number of ether oxygens (including phenoxy) is 3. The average Bonchev–Trinajstić information content (AvgIpc) is 2.50. The molecular formula is C15H19NO5. The molecule has 0 spiro atoms. The van der Waals surface area contributed by atoms with Crippen molar-refractivity contribution in [3.8, 4) is 5.75 Å². The van der Waals surface area contributed by atoms with Crippen LogP contribution in [0.2, 0.25) is 0 Å². The van der Waals surface area contributed by atoms with Crippen molar-refractivity contribution in [3.05, 3.63) is 48.6 Å². The topological polar surface area (TPSA) is 66.0 Å². The van der Waals surface area contributed by atoms with Gasteiger partial charge in [0.25, 0.3) is 0 Å². The Morgan fingerprint density at radius 3 is 2.67 bits per heavy atom. The Hall–Kier alpha value is -2.63. The summed E-state index contributed by atoms with van der Waals surface area (Å²) in [6.45, 7) is 5.93. The number of hydroxylamine groups is 1. The van der Waals surface area contributed by atoms with E-state index in [-0.39, 0.29) is 11.5 Å². The molecule has 21 heavy (non-hydrogen) atoms. The van der Waals surface area contributed by atoms with Gasteiger partial charge in [-0.25, -0.2) is 4.79 Å². The zero-order valence-electron chi connectivity index (χ0n) is 12.3. The maximum atomic E-state index is 11.8. The SMILES string of the molecule is C=C(NOc1ccccc1C(=COC)C(=O)OC)OCC. The van der Waals surface area contributed by atoms with Crippen molar-refractivity contribution >= 4 is 11.5 Å².